The van der Waals surface area contributed by atoms with Crippen LogP contribution in [0.3, 0.4) is 0 Å². The first-order valence-electron chi connectivity index (χ1n) is 7.53. The highest BCUT2D eigenvalue weighted by atomic mass is 19.1. The third-order valence-electron chi connectivity index (χ3n) is 4.41. The van der Waals surface area contributed by atoms with Gasteiger partial charge in [0.1, 0.15) is 5.82 Å². The lowest BCUT2D eigenvalue weighted by Crippen LogP contribution is -2.44. The number of likely N-dealkylation sites (tertiary alicyclic amines) is 1. The molecule has 3 nitrogen and oxygen atoms in total. The van der Waals surface area contributed by atoms with E-state index in [1.54, 1.807) is 6.07 Å². The second-order valence-electron chi connectivity index (χ2n) is 5.74. The van der Waals surface area contributed by atoms with Gasteiger partial charge in [-0.15, -0.1) is 0 Å². The van der Waals surface area contributed by atoms with Crippen LogP contribution in [-0.2, 0) is 0 Å². The van der Waals surface area contributed by atoms with Crippen LogP contribution in [0.4, 0.5) is 10.1 Å². The molecule has 0 radical (unpaired) electrons. The number of anilines is 1. The Bertz CT molecular complexity index is 439. The maximum absolute atomic E-state index is 14.3. The highest BCUT2D eigenvalue weighted by Gasteiger charge is 2.25. The number of hydrogen-bond donors (Lipinski definition) is 1. The molecule has 1 heterocycles. The molecule has 0 spiro atoms. The molecule has 2 rings (SSSR count). The molecule has 1 aliphatic rings. The van der Waals surface area contributed by atoms with Crippen molar-refractivity contribution in [2.24, 2.45) is 5.73 Å². The third kappa shape index (κ3) is 3.13. The molecule has 0 unspecified atom stereocenters. The number of benzene rings is 1. The molecule has 1 aromatic carbocycles. The van der Waals surface area contributed by atoms with E-state index in [1.807, 2.05) is 20.0 Å². The quantitative estimate of drug-likeness (QED) is 0.920. The van der Waals surface area contributed by atoms with Gasteiger partial charge in [-0.05, 0) is 37.9 Å². The van der Waals surface area contributed by atoms with E-state index in [0.29, 0.717) is 11.7 Å². The molecule has 1 aliphatic heterocycles. The number of rotatable bonds is 4. The first-order valence-corrected chi connectivity index (χ1v) is 7.53. The van der Waals surface area contributed by atoms with Crippen LogP contribution < -0.4 is 10.6 Å². The number of para-hydroxylation sites is 1. The van der Waals surface area contributed by atoms with Gasteiger partial charge in [0.15, 0.2) is 0 Å². The molecule has 0 bridgehead atoms. The number of halogens is 1. The van der Waals surface area contributed by atoms with Crippen molar-refractivity contribution in [3.05, 3.63) is 29.6 Å². The van der Waals surface area contributed by atoms with Crippen LogP contribution in [0.5, 0.6) is 0 Å². The topological polar surface area (TPSA) is 32.5 Å². The maximum atomic E-state index is 14.3. The standard InChI is InChI=1S/C16H26FN3/c1-4-20-10-8-13(9-11-20)19(3)16-14(12(2)18)6-5-7-15(16)17/h5-7,12-13H,4,8-11,18H2,1-3H3/t12-/m1/s1. The van der Waals surface area contributed by atoms with E-state index in [2.05, 4.69) is 16.7 Å². The Kier molecular flexibility index (Phi) is 5.00. The van der Waals surface area contributed by atoms with Gasteiger partial charge < -0.3 is 15.5 Å². The molecule has 1 fully saturated rings. The molecule has 1 atom stereocenters. The van der Waals surface area contributed by atoms with Crippen LogP contribution in [0, 0.1) is 5.82 Å². The number of hydrogen-bond acceptors (Lipinski definition) is 3. The SMILES string of the molecule is CCN1CCC(N(C)c2c(F)cccc2[C@@H](C)N)CC1. The summed E-state index contributed by atoms with van der Waals surface area (Å²) < 4.78 is 14.3. The van der Waals surface area contributed by atoms with Crippen molar-refractivity contribution in [2.75, 3.05) is 31.6 Å². The van der Waals surface area contributed by atoms with Gasteiger partial charge in [-0.25, -0.2) is 4.39 Å². The van der Waals surface area contributed by atoms with Crippen LogP contribution in [0.15, 0.2) is 18.2 Å². The Balaban J connectivity index is 2.19. The third-order valence-corrected chi connectivity index (χ3v) is 4.41. The van der Waals surface area contributed by atoms with Crippen molar-refractivity contribution in [3.63, 3.8) is 0 Å². The predicted octanol–water partition coefficient (Wildman–Crippen LogP) is 2.77. The normalized spacial score (nSPS) is 19.1. The lowest BCUT2D eigenvalue weighted by atomic mass is 9.99. The molecule has 20 heavy (non-hydrogen) atoms. The summed E-state index contributed by atoms with van der Waals surface area (Å²) in [5.41, 5.74) is 7.56. The van der Waals surface area contributed by atoms with Gasteiger partial charge in [-0.1, -0.05) is 19.1 Å². The van der Waals surface area contributed by atoms with Crippen LogP contribution in [0.1, 0.15) is 38.3 Å². The van der Waals surface area contributed by atoms with Gasteiger partial charge in [0.2, 0.25) is 0 Å². The summed E-state index contributed by atoms with van der Waals surface area (Å²) in [6.45, 7) is 7.38. The molecule has 1 saturated heterocycles. The van der Waals surface area contributed by atoms with Crippen LogP contribution in [0.25, 0.3) is 0 Å². The van der Waals surface area contributed by atoms with E-state index < -0.39 is 0 Å². The summed E-state index contributed by atoms with van der Waals surface area (Å²) >= 11 is 0. The minimum absolute atomic E-state index is 0.154. The van der Waals surface area contributed by atoms with Crippen LogP contribution >= 0.6 is 0 Å². The predicted molar refractivity (Wildman–Crippen MR) is 82.5 cm³/mol. The van der Waals surface area contributed by atoms with Gasteiger partial charge in [0.25, 0.3) is 0 Å². The Hall–Kier alpha value is -1.13. The van der Waals surface area contributed by atoms with E-state index in [9.17, 15) is 4.39 Å². The van der Waals surface area contributed by atoms with Crippen molar-refractivity contribution < 1.29 is 4.39 Å². The average Bonchev–Trinajstić information content (AvgIpc) is 2.46. The summed E-state index contributed by atoms with van der Waals surface area (Å²) in [6, 6.07) is 5.44. The summed E-state index contributed by atoms with van der Waals surface area (Å²) in [5, 5.41) is 0. The molecule has 0 saturated carbocycles. The van der Waals surface area contributed by atoms with Gasteiger partial charge in [-0.2, -0.15) is 0 Å². The minimum Gasteiger partial charge on any atom is -0.369 e. The van der Waals surface area contributed by atoms with Crippen LogP contribution in [-0.4, -0.2) is 37.6 Å². The van der Waals surface area contributed by atoms with Crippen molar-refractivity contribution in [1.29, 1.82) is 0 Å². The zero-order valence-corrected chi connectivity index (χ0v) is 12.8. The number of piperidine rings is 1. The lowest BCUT2D eigenvalue weighted by molar-refractivity contribution is 0.220. The maximum Gasteiger partial charge on any atom is 0.146 e. The van der Waals surface area contributed by atoms with Gasteiger partial charge in [-0.3, -0.25) is 0 Å². The van der Waals surface area contributed by atoms with E-state index >= 15 is 0 Å². The van der Waals surface area contributed by atoms with Crippen molar-refractivity contribution in [1.82, 2.24) is 4.90 Å². The Morgan fingerprint density at radius 1 is 1.40 bits per heavy atom. The molecule has 2 N–H and O–H groups in total. The highest BCUT2D eigenvalue weighted by Crippen LogP contribution is 2.31. The van der Waals surface area contributed by atoms with Gasteiger partial charge in [0, 0.05) is 32.2 Å². The summed E-state index contributed by atoms with van der Waals surface area (Å²) in [4.78, 5) is 4.54. The molecule has 0 aliphatic carbocycles. The van der Waals surface area contributed by atoms with Crippen molar-refractivity contribution in [3.8, 4) is 0 Å². The molecular formula is C16H26FN3. The average molecular weight is 279 g/mol. The zero-order chi connectivity index (χ0) is 14.7. The number of nitrogens with two attached hydrogens (primary N) is 1. The molecule has 112 valence electrons. The van der Waals surface area contributed by atoms with Gasteiger partial charge in [0.05, 0.1) is 5.69 Å². The van der Waals surface area contributed by atoms with E-state index in [0.717, 1.165) is 38.0 Å². The molecular weight excluding hydrogens is 253 g/mol. The second kappa shape index (κ2) is 6.55. The number of nitrogens with zero attached hydrogens (tertiary/aromatic N) is 2. The first-order chi connectivity index (χ1) is 9.54. The van der Waals surface area contributed by atoms with Crippen molar-refractivity contribution in [2.45, 2.75) is 38.8 Å². The van der Waals surface area contributed by atoms with Gasteiger partial charge >= 0.3 is 0 Å². The highest BCUT2D eigenvalue weighted by molar-refractivity contribution is 5.56. The first kappa shape index (κ1) is 15.3. The summed E-state index contributed by atoms with van der Waals surface area (Å²) in [6.07, 6.45) is 2.16. The van der Waals surface area contributed by atoms with E-state index in [4.69, 9.17) is 5.73 Å². The summed E-state index contributed by atoms with van der Waals surface area (Å²) in [7, 11) is 2.00. The Morgan fingerprint density at radius 3 is 2.60 bits per heavy atom. The smallest absolute Gasteiger partial charge is 0.146 e. The molecule has 4 heteroatoms. The molecule has 0 aromatic heterocycles. The molecule has 1 aromatic rings. The lowest BCUT2D eigenvalue weighted by Gasteiger charge is -2.38. The Labute approximate surface area is 121 Å². The second-order valence-corrected chi connectivity index (χ2v) is 5.74. The fourth-order valence-electron chi connectivity index (χ4n) is 3.08. The fourth-order valence-corrected chi connectivity index (χ4v) is 3.08. The largest absolute Gasteiger partial charge is 0.369 e. The monoisotopic (exact) mass is 279 g/mol. The minimum atomic E-state index is -0.166. The van der Waals surface area contributed by atoms with E-state index in [1.165, 1.54) is 6.07 Å². The summed E-state index contributed by atoms with van der Waals surface area (Å²) in [5.74, 6) is -0.166. The Morgan fingerprint density at radius 2 is 2.05 bits per heavy atom. The van der Waals surface area contributed by atoms with E-state index in [-0.39, 0.29) is 11.9 Å². The zero-order valence-electron chi connectivity index (χ0n) is 12.8. The van der Waals surface area contributed by atoms with Crippen molar-refractivity contribution >= 4 is 5.69 Å². The fraction of sp³-hybridized carbons (Fsp3) is 0.625. The molecule has 0 amide bonds. The van der Waals surface area contributed by atoms with Crippen LogP contribution in [0.2, 0.25) is 0 Å².